The van der Waals surface area contributed by atoms with Crippen molar-refractivity contribution in [1.29, 1.82) is 0 Å². The minimum Gasteiger partial charge on any atom is -0.369 e. The first-order valence-electron chi connectivity index (χ1n) is 9.99. The number of carbonyl (C=O) groups is 1. The van der Waals surface area contributed by atoms with Gasteiger partial charge in [0.25, 0.3) is 5.91 Å². The fourth-order valence-corrected chi connectivity index (χ4v) is 5.17. The lowest BCUT2D eigenvalue weighted by molar-refractivity contribution is 0.0724. The predicted molar refractivity (Wildman–Crippen MR) is 107 cm³/mol. The average Bonchev–Trinajstić information content (AvgIpc) is 3.24. The highest BCUT2D eigenvalue weighted by molar-refractivity contribution is 6.33. The van der Waals surface area contributed by atoms with Crippen LogP contribution in [0.4, 0.5) is 5.82 Å². The number of amides is 1. The third-order valence-electron chi connectivity index (χ3n) is 6.44. The second-order valence-electron chi connectivity index (χ2n) is 8.04. The lowest BCUT2D eigenvalue weighted by atomic mass is 10.0. The van der Waals surface area contributed by atoms with Crippen molar-refractivity contribution in [3.8, 4) is 0 Å². The maximum atomic E-state index is 12.6. The fourth-order valence-electron chi connectivity index (χ4n) is 4.94. The molecule has 1 aromatic carbocycles. The molecule has 1 aromatic heterocycles. The van der Waals surface area contributed by atoms with Crippen LogP contribution in [0, 0.1) is 11.8 Å². The van der Waals surface area contributed by atoms with Crippen LogP contribution < -0.4 is 5.32 Å². The summed E-state index contributed by atoms with van der Waals surface area (Å²) in [5.41, 5.74) is 3.63. The van der Waals surface area contributed by atoms with Crippen LogP contribution in [0.1, 0.15) is 46.7 Å². The molecule has 0 spiro atoms. The molecule has 3 unspecified atom stereocenters. The Balaban J connectivity index is 1.22. The number of benzene rings is 1. The number of nitrogens with zero attached hydrogens (tertiary/aromatic N) is 2. The molecule has 1 aliphatic heterocycles. The van der Waals surface area contributed by atoms with Crippen molar-refractivity contribution in [3.05, 3.63) is 58.2 Å². The zero-order chi connectivity index (χ0) is 18.4. The Hall–Kier alpha value is -2.07. The maximum Gasteiger partial charge on any atom is 0.255 e. The number of likely N-dealkylation sites (tertiary alicyclic amines) is 1. The van der Waals surface area contributed by atoms with Gasteiger partial charge in [0.15, 0.2) is 0 Å². The summed E-state index contributed by atoms with van der Waals surface area (Å²) in [6, 6.07) is 10.6. The first kappa shape index (κ1) is 17.1. The number of nitrogens with one attached hydrogen (secondary N) is 1. The van der Waals surface area contributed by atoms with Crippen LogP contribution in [-0.2, 0) is 6.42 Å². The molecule has 1 saturated heterocycles. The number of anilines is 1. The van der Waals surface area contributed by atoms with Crippen LogP contribution >= 0.6 is 11.6 Å². The van der Waals surface area contributed by atoms with E-state index in [0.717, 1.165) is 38.4 Å². The molecular weight excluding hydrogens is 358 g/mol. The van der Waals surface area contributed by atoms with Gasteiger partial charge in [0.2, 0.25) is 0 Å². The Morgan fingerprint density at radius 3 is 2.85 bits per heavy atom. The summed E-state index contributed by atoms with van der Waals surface area (Å²) < 4.78 is 0. The molecule has 3 atom stereocenters. The molecule has 2 heterocycles. The quantitative estimate of drug-likeness (QED) is 0.855. The number of fused-ring (bicyclic) bond motifs is 3. The second kappa shape index (κ2) is 6.83. The molecule has 140 valence electrons. The molecule has 1 N–H and O–H groups in total. The van der Waals surface area contributed by atoms with Crippen LogP contribution in [0.5, 0.6) is 0 Å². The van der Waals surface area contributed by atoms with Gasteiger partial charge in [0, 0.05) is 25.8 Å². The zero-order valence-corrected chi connectivity index (χ0v) is 16.1. The number of pyridine rings is 1. The Labute approximate surface area is 164 Å². The predicted octanol–water partition coefficient (Wildman–Crippen LogP) is 4.36. The van der Waals surface area contributed by atoms with Gasteiger partial charge < -0.3 is 10.2 Å². The molecular formula is C22H24ClN3O. The molecule has 4 nitrogen and oxygen atoms in total. The smallest absolute Gasteiger partial charge is 0.255 e. The van der Waals surface area contributed by atoms with Crippen LogP contribution in [0.3, 0.4) is 0 Å². The van der Waals surface area contributed by atoms with E-state index in [4.69, 9.17) is 11.6 Å². The summed E-state index contributed by atoms with van der Waals surface area (Å²) >= 11 is 6.42. The summed E-state index contributed by atoms with van der Waals surface area (Å²) in [5.74, 6) is 2.84. The minimum absolute atomic E-state index is 0.0454. The highest BCUT2D eigenvalue weighted by Gasteiger charge is 2.54. The monoisotopic (exact) mass is 381 g/mol. The summed E-state index contributed by atoms with van der Waals surface area (Å²) in [5, 5.41) is 3.94. The third-order valence-corrected chi connectivity index (χ3v) is 6.73. The van der Waals surface area contributed by atoms with Crippen molar-refractivity contribution in [2.75, 3.05) is 25.0 Å². The average molecular weight is 382 g/mol. The van der Waals surface area contributed by atoms with Gasteiger partial charge in [-0.25, -0.2) is 4.98 Å². The van der Waals surface area contributed by atoms with Gasteiger partial charge >= 0.3 is 0 Å². The van der Waals surface area contributed by atoms with Crippen LogP contribution in [-0.4, -0.2) is 35.4 Å². The first-order chi connectivity index (χ1) is 13.2. The molecule has 2 aliphatic carbocycles. The standard InChI is InChI=1S/C22H24ClN3O/c23-19-11-15(22(27)26-8-4-1-5-9-26)12-24-21(19)25-13-18-17-10-14-6-2-3-7-16(14)20(17)18/h2-3,6-7,11-12,17-18,20H,1,4-5,8-10,13H2,(H,24,25). The van der Waals surface area contributed by atoms with Crippen LogP contribution in [0.15, 0.2) is 36.5 Å². The number of hydrogen-bond donors (Lipinski definition) is 1. The summed E-state index contributed by atoms with van der Waals surface area (Å²) in [4.78, 5) is 18.9. The number of aromatic nitrogens is 1. The number of hydrogen-bond acceptors (Lipinski definition) is 3. The van der Waals surface area contributed by atoms with E-state index in [0.29, 0.717) is 28.2 Å². The zero-order valence-electron chi connectivity index (χ0n) is 15.3. The lowest BCUT2D eigenvalue weighted by Gasteiger charge is -2.26. The van der Waals surface area contributed by atoms with Crippen molar-refractivity contribution in [1.82, 2.24) is 9.88 Å². The summed E-state index contributed by atoms with van der Waals surface area (Å²) in [6.07, 6.45) is 6.23. The van der Waals surface area contributed by atoms with E-state index < -0.39 is 0 Å². The van der Waals surface area contributed by atoms with Crippen LogP contribution in [0.2, 0.25) is 5.02 Å². The number of halogens is 1. The third kappa shape index (κ3) is 3.10. The fraction of sp³-hybridized carbons (Fsp3) is 0.455. The molecule has 1 saturated carbocycles. The molecule has 0 bridgehead atoms. The van der Waals surface area contributed by atoms with Crippen molar-refractivity contribution in [3.63, 3.8) is 0 Å². The molecule has 27 heavy (non-hydrogen) atoms. The maximum absolute atomic E-state index is 12.6. The summed E-state index contributed by atoms with van der Waals surface area (Å²) in [6.45, 7) is 2.56. The van der Waals surface area contributed by atoms with E-state index >= 15 is 0 Å². The molecule has 0 radical (unpaired) electrons. The van der Waals surface area contributed by atoms with Crippen molar-refractivity contribution < 1.29 is 4.79 Å². The number of piperidine rings is 1. The van der Waals surface area contributed by atoms with E-state index in [9.17, 15) is 4.79 Å². The van der Waals surface area contributed by atoms with Crippen molar-refractivity contribution >= 4 is 23.3 Å². The van der Waals surface area contributed by atoms with Gasteiger partial charge in [-0.3, -0.25) is 4.79 Å². The largest absolute Gasteiger partial charge is 0.369 e. The van der Waals surface area contributed by atoms with Crippen LogP contribution in [0.25, 0.3) is 0 Å². The lowest BCUT2D eigenvalue weighted by Crippen LogP contribution is -2.35. The van der Waals surface area contributed by atoms with E-state index in [1.54, 1.807) is 12.3 Å². The van der Waals surface area contributed by atoms with Gasteiger partial charge in [0.05, 0.1) is 10.6 Å². The molecule has 5 rings (SSSR count). The molecule has 1 amide bonds. The van der Waals surface area contributed by atoms with Gasteiger partial charge in [0.1, 0.15) is 5.82 Å². The Morgan fingerprint density at radius 2 is 2.04 bits per heavy atom. The topological polar surface area (TPSA) is 45.2 Å². The molecule has 3 aliphatic rings. The van der Waals surface area contributed by atoms with Crippen molar-refractivity contribution in [2.45, 2.75) is 31.6 Å². The number of carbonyl (C=O) groups excluding carboxylic acids is 1. The van der Waals surface area contributed by atoms with Crippen molar-refractivity contribution in [2.24, 2.45) is 11.8 Å². The highest BCUT2D eigenvalue weighted by Crippen LogP contribution is 2.61. The normalized spacial score (nSPS) is 25.7. The van der Waals surface area contributed by atoms with E-state index in [1.807, 2.05) is 4.90 Å². The number of rotatable bonds is 4. The van der Waals surface area contributed by atoms with Gasteiger partial charge in [-0.1, -0.05) is 35.9 Å². The Kier molecular flexibility index (Phi) is 4.31. The second-order valence-corrected chi connectivity index (χ2v) is 8.45. The van der Waals surface area contributed by atoms with E-state index in [2.05, 4.69) is 34.6 Å². The molecule has 2 aromatic rings. The van der Waals surface area contributed by atoms with Gasteiger partial charge in [-0.05, 0) is 60.6 Å². The van der Waals surface area contributed by atoms with E-state index in [-0.39, 0.29) is 5.91 Å². The Morgan fingerprint density at radius 1 is 1.22 bits per heavy atom. The molecule has 5 heteroatoms. The highest BCUT2D eigenvalue weighted by atomic mass is 35.5. The molecule has 2 fully saturated rings. The first-order valence-corrected chi connectivity index (χ1v) is 10.4. The minimum atomic E-state index is 0.0454. The van der Waals surface area contributed by atoms with Gasteiger partial charge in [-0.2, -0.15) is 0 Å². The van der Waals surface area contributed by atoms with Gasteiger partial charge in [-0.15, -0.1) is 0 Å². The van der Waals surface area contributed by atoms with E-state index in [1.165, 1.54) is 24.0 Å². The Bertz CT molecular complexity index is 878. The summed E-state index contributed by atoms with van der Waals surface area (Å²) in [7, 11) is 0. The SMILES string of the molecule is O=C(c1cnc(NCC2C3Cc4ccccc4C23)c(Cl)c1)N1CCCCC1.